The van der Waals surface area contributed by atoms with E-state index in [-0.39, 0.29) is 18.6 Å². The van der Waals surface area contributed by atoms with E-state index >= 15 is 0 Å². The minimum absolute atomic E-state index is 0.279. The van der Waals surface area contributed by atoms with Gasteiger partial charge in [0.2, 0.25) is 0 Å². The van der Waals surface area contributed by atoms with Gasteiger partial charge in [-0.05, 0) is 19.9 Å². The number of aromatic nitrogens is 3. The van der Waals surface area contributed by atoms with E-state index in [2.05, 4.69) is 0 Å². The van der Waals surface area contributed by atoms with Crippen molar-refractivity contribution in [3.05, 3.63) is 33.1 Å². The van der Waals surface area contributed by atoms with Gasteiger partial charge in [0.15, 0.2) is 0 Å². The maximum atomic E-state index is 12.2. The molecule has 7 heteroatoms. The summed E-state index contributed by atoms with van der Waals surface area (Å²) < 4.78 is 3.98. The fourth-order valence-corrected chi connectivity index (χ4v) is 2.24. The zero-order chi connectivity index (χ0) is 14.2. The van der Waals surface area contributed by atoms with Crippen molar-refractivity contribution in [1.29, 1.82) is 0 Å². The van der Waals surface area contributed by atoms with Gasteiger partial charge in [-0.25, -0.2) is 4.79 Å². The molecular formula is C12H15N3O4. The van der Waals surface area contributed by atoms with Gasteiger partial charge >= 0.3 is 11.7 Å². The maximum Gasteiger partial charge on any atom is 0.332 e. The molecule has 19 heavy (non-hydrogen) atoms. The minimum Gasteiger partial charge on any atom is -0.480 e. The summed E-state index contributed by atoms with van der Waals surface area (Å²) in [6, 6.07) is 1.55. The van der Waals surface area contributed by atoms with Crippen LogP contribution in [0.15, 0.2) is 21.9 Å². The average Bonchev–Trinajstić information content (AvgIpc) is 2.74. The first-order chi connectivity index (χ1) is 9.01. The third-order valence-electron chi connectivity index (χ3n) is 3.07. The lowest BCUT2D eigenvalue weighted by Crippen LogP contribution is -2.39. The topological polar surface area (TPSA) is 86.2 Å². The Morgan fingerprint density at radius 1 is 1.21 bits per heavy atom. The van der Waals surface area contributed by atoms with E-state index in [1.54, 1.807) is 19.9 Å². The van der Waals surface area contributed by atoms with Crippen molar-refractivity contribution in [2.75, 3.05) is 0 Å². The van der Waals surface area contributed by atoms with Crippen LogP contribution in [0.1, 0.15) is 13.8 Å². The normalized spacial score (nSPS) is 11.1. The van der Waals surface area contributed by atoms with Gasteiger partial charge in [0.25, 0.3) is 5.56 Å². The Bertz CT molecular complexity index is 751. The molecule has 2 rings (SSSR count). The molecule has 0 saturated heterocycles. The fourth-order valence-electron chi connectivity index (χ4n) is 2.24. The number of rotatable bonds is 4. The van der Waals surface area contributed by atoms with Crippen molar-refractivity contribution in [3.8, 4) is 0 Å². The maximum absolute atomic E-state index is 12.2. The molecular weight excluding hydrogens is 250 g/mol. The summed E-state index contributed by atoms with van der Waals surface area (Å²) in [6.45, 7) is 3.89. The highest BCUT2D eigenvalue weighted by atomic mass is 16.4. The van der Waals surface area contributed by atoms with Crippen molar-refractivity contribution in [3.63, 3.8) is 0 Å². The van der Waals surface area contributed by atoms with Gasteiger partial charge in [0.1, 0.15) is 12.2 Å². The van der Waals surface area contributed by atoms with Crippen molar-refractivity contribution in [2.24, 2.45) is 0 Å². The summed E-state index contributed by atoms with van der Waals surface area (Å²) in [6.07, 6.45) is 1.52. The second-order valence-corrected chi connectivity index (χ2v) is 4.15. The van der Waals surface area contributed by atoms with E-state index in [0.29, 0.717) is 17.6 Å². The quantitative estimate of drug-likeness (QED) is 0.848. The van der Waals surface area contributed by atoms with Gasteiger partial charge in [-0.15, -0.1) is 0 Å². The van der Waals surface area contributed by atoms with E-state index in [9.17, 15) is 14.4 Å². The Hall–Kier alpha value is -2.31. The molecule has 0 radical (unpaired) electrons. The van der Waals surface area contributed by atoms with E-state index in [0.717, 1.165) is 4.57 Å². The monoisotopic (exact) mass is 265 g/mol. The Morgan fingerprint density at radius 3 is 2.37 bits per heavy atom. The molecule has 0 aliphatic carbocycles. The lowest BCUT2D eigenvalue weighted by Gasteiger charge is -2.11. The Labute approximate surface area is 108 Å². The largest absolute Gasteiger partial charge is 0.480 e. The van der Waals surface area contributed by atoms with Gasteiger partial charge in [0.05, 0.1) is 5.39 Å². The van der Waals surface area contributed by atoms with Crippen LogP contribution in [0.5, 0.6) is 0 Å². The molecule has 1 N–H and O–H groups in total. The van der Waals surface area contributed by atoms with Crippen LogP contribution in [0.2, 0.25) is 0 Å². The molecule has 0 atom stereocenters. The van der Waals surface area contributed by atoms with E-state index in [1.165, 1.54) is 15.3 Å². The Kier molecular flexibility index (Phi) is 3.28. The third kappa shape index (κ3) is 1.96. The SMILES string of the molecule is CCn1c(=O)c2ccn(CC(=O)O)c2n(CC)c1=O. The highest BCUT2D eigenvalue weighted by Crippen LogP contribution is 2.10. The molecule has 0 spiro atoms. The zero-order valence-corrected chi connectivity index (χ0v) is 10.8. The van der Waals surface area contributed by atoms with Gasteiger partial charge in [-0.3, -0.25) is 18.7 Å². The summed E-state index contributed by atoms with van der Waals surface area (Å²) in [5.74, 6) is -1.02. The molecule has 2 heterocycles. The molecule has 0 aromatic carbocycles. The number of hydrogen-bond acceptors (Lipinski definition) is 3. The van der Waals surface area contributed by atoms with Crippen molar-refractivity contribution >= 4 is 17.0 Å². The standard InChI is InChI=1S/C12H15N3O4/c1-3-14-10-8(5-6-13(10)7-9(16)17)11(18)15(4-2)12(14)19/h5-6H,3-4,7H2,1-2H3,(H,16,17). The Morgan fingerprint density at radius 2 is 1.84 bits per heavy atom. The van der Waals surface area contributed by atoms with Crippen molar-refractivity contribution < 1.29 is 9.90 Å². The highest BCUT2D eigenvalue weighted by molar-refractivity contribution is 5.78. The van der Waals surface area contributed by atoms with Crippen LogP contribution in [-0.4, -0.2) is 24.8 Å². The number of fused-ring (bicyclic) bond motifs is 1. The molecule has 0 fully saturated rings. The van der Waals surface area contributed by atoms with E-state index < -0.39 is 11.7 Å². The van der Waals surface area contributed by atoms with Crippen LogP contribution in [0.4, 0.5) is 0 Å². The first-order valence-corrected chi connectivity index (χ1v) is 6.05. The van der Waals surface area contributed by atoms with Crippen LogP contribution < -0.4 is 11.2 Å². The molecule has 0 aliphatic heterocycles. The van der Waals surface area contributed by atoms with Crippen LogP contribution in [0, 0.1) is 0 Å². The van der Waals surface area contributed by atoms with Crippen LogP contribution >= 0.6 is 0 Å². The van der Waals surface area contributed by atoms with Gasteiger partial charge in [0, 0.05) is 19.3 Å². The molecule has 0 unspecified atom stereocenters. The number of hydrogen-bond donors (Lipinski definition) is 1. The number of aliphatic carboxylic acids is 1. The number of nitrogens with zero attached hydrogens (tertiary/aromatic N) is 3. The molecule has 7 nitrogen and oxygen atoms in total. The molecule has 102 valence electrons. The minimum atomic E-state index is -1.02. The van der Waals surface area contributed by atoms with E-state index in [4.69, 9.17) is 5.11 Å². The van der Waals surface area contributed by atoms with Crippen LogP contribution in [-0.2, 0) is 24.4 Å². The highest BCUT2D eigenvalue weighted by Gasteiger charge is 2.15. The number of carboxylic acids is 1. The van der Waals surface area contributed by atoms with Gasteiger partial charge in [-0.1, -0.05) is 0 Å². The molecule has 0 amide bonds. The summed E-state index contributed by atoms with van der Waals surface area (Å²) in [5.41, 5.74) is -0.422. The molecule has 2 aromatic heterocycles. The first kappa shape index (κ1) is 13.1. The second-order valence-electron chi connectivity index (χ2n) is 4.15. The molecule has 0 aliphatic rings. The predicted octanol–water partition coefficient (Wildman–Crippen LogP) is 0.0891. The second kappa shape index (κ2) is 4.75. The van der Waals surface area contributed by atoms with Crippen LogP contribution in [0.25, 0.3) is 11.0 Å². The number of aryl methyl sites for hydroxylation is 1. The van der Waals surface area contributed by atoms with E-state index in [1.807, 2.05) is 0 Å². The fraction of sp³-hybridized carbons (Fsp3) is 0.417. The van der Waals surface area contributed by atoms with Crippen molar-refractivity contribution in [1.82, 2.24) is 13.7 Å². The third-order valence-corrected chi connectivity index (χ3v) is 3.07. The Balaban J connectivity index is 2.91. The number of carboxylic acid groups (broad SMARTS) is 1. The predicted molar refractivity (Wildman–Crippen MR) is 69.4 cm³/mol. The lowest BCUT2D eigenvalue weighted by atomic mass is 10.4. The lowest BCUT2D eigenvalue weighted by molar-refractivity contribution is -0.137. The molecule has 2 aromatic rings. The molecule has 0 bridgehead atoms. The zero-order valence-electron chi connectivity index (χ0n) is 10.8. The summed E-state index contributed by atoms with van der Waals surface area (Å²) >= 11 is 0. The van der Waals surface area contributed by atoms with Gasteiger partial charge < -0.3 is 9.67 Å². The average molecular weight is 265 g/mol. The summed E-state index contributed by atoms with van der Waals surface area (Å²) in [7, 11) is 0. The first-order valence-electron chi connectivity index (χ1n) is 6.05. The number of carbonyl (C=O) groups is 1. The smallest absolute Gasteiger partial charge is 0.332 e. The van der Waals surface area contributed by atoms with Crippen molar-refractivity contribution in [2.45, 2.75) is 33.5 Å². The summed E-state index contributed by atoms with van der Waals surface area (Å²) in [5, 5.41) is 9.22. The molecule has 0 saturated carbocycles. The summed E-state index contributed by atoms with van der Waals surface area (Å²) in [4.78, 5) is 35.1. The van der Waals surface area contributed by atoms with Crippen LogP contribution in [0.3, 0.4) is 0 Å². The van der Waals surface area contributed by atoms with Gasteiger partial charge in [-0.2, -0.15) is 0 Å².